The highest BCUT2D eigenvalue weighted by molar-refractivity contribution is 5.97. The van der Waals surface area contributed by atoms with Crippen LogP contribution >= 0.6 is 0 Å². The van der Waals surface area contributed by atoms with E-state index in [1.807, 2.05) is 95.2 Å². The van der Waals surface area contributed by atoms with E-state index in [0.717, 1.165) is 22.5 Å². The number of aryl methyl sites for hydroxylation is 1. The van der Waals surface area contributed by atoms with Gasteiger partial charge in [0.2, 0.25) is 11.8 Å². The minimum Gasteiger partial charge on any atom is -0.325 e. The second-order valence-electron chi connectivity index (χ2n) is 8.39. The van der Waals surface area contributed by atoms with Crippen molar-refractivity contribution in [1.29, 1.82) is 0 Å². The quantitative estimate of drug-likeness (QED) is 0.792. The van der Waals surface area contributed by atoms with Gasteiger partial charge in [-0.1, -0.05) is 51.1 Å². The number of hydrogen-bond acceptors (Lipinski definition) is 3. The number of amides is 2. The zero-order valence-electron chi connectivity index (χ0n) is 17.7. The topological polar surface area (TPSA) is 61.4 Å². The summed E-state index contributed by atoms with van der Waals surface area (Å²) >= 11 is 0. The van der Waals surface area contributed by atoms with Gasteiger partial charge in [0.05, 0.1) is 6.04 Å². The fourth-order valence-corrected chi connectivity index (χ4v) is 2.76. The van der Waals surface area contributed by atoms with E-state index < -0.39 is 5.41 Å². The summed E-state index contributed by atoms with van der Waals surface area (Å²) < 4.78 is 0. The van der Waals surface area contributed by atoms with Gasteiger partial charge < -0.3 is 10.6 Å². The van der Waals surface area contributed by atoms with E-state index in [2.05, 4.69) is 10.6 Å². The van der Waals surface area contributed by atoms with Crippen LogP contribution in [-0.4, -0.2) is 36.9 Å². The van der Waals surface area contributed by atoms with Crippen molar-refractivity contribution in [2.45, 2.75) is 40.2 Å². The van der Waals surface area contributed by atoms with Gasteiger partial charge in [0.15, 0.2) is 0 Å². The van der Waals surface area contributed by atoms with Gasteiger partial charge in [-0.25, -0.2) is 0 Å². The van der Waals surface area contributed by atoms with Crippen molar-refractivity contribution in [1.82, 2.24) is 4.90 Å². The number of carbonyl (C=O) groups is 2. The first-order chi connectivity index (χ1) is 13.1. The van der Waals surface area contributed by atoms with Crippen molar-refractivity contribution >= 4 is 23.2 Å². The van der Waals surface area contributed by atoms with E-state index in [0.29, 0.717) is 6.42 Å². The van der Waals surface area contributed by atoms with Crippen LogP contribution in [0, 0.1) is 12.3 Å². The molecule has 28 heavy (non-hydrogen) atoms. The SMILES string of the molecule is Cc1cc(NC(=O)[C@H](Cc2ccccc2)N(C)C)ccc1NC(=O)C(C)(C)C. The fraction of sp³-hybridized carbons (Fsp3) is 0.391. The molecule has 2 aromatic rings. The van der Waals surface area contributed by atoms with E-state index in [-0.39, 0.29) is 17.9 Å². The minimum atomic E-state index is -0.463. The van der Waals surface area contributed by atoms with E-state index >= 15 is 0 Å². The van der Waals surface area contributed by atoms with Crippen LogP contribution in [0.15, 0.2) is 48.5 Å². The lowest BCUT2D eigenvalue weighted by Gasteiger charge is -2.24. The molecule has 1 atom stereocenters. The maximum Gasteiger partial charge on any atom is 0.242 e. The number of hydrogen-bond donors (Lipinski definition) is 2. The summed E-state index contributed by atoms with van der Waals surface area (Å²) in [4.78, 5) is 27.0. The number of likely N-dealkylation sites (N-methyl/N-ethyl adjacent to an activating group) is 1. The number of benzene rings is 2. The van der Waals surface area contributed by atoms with Crippen molar-refractivity contribution in [3.63, 3.8) is 0 Å². The molecular weight excluding hydrogens is 350 g/mol. The van der Waals surface area contributed by atoms with Gasteiger partial charge in [0.1, 0.15) is 0 Å². The summed E-state index contributed by atoms with van der Waals surface area (Å²) in [5.41, 5.74) is 3.03. The molecule has 0 radical (unpaired) electrons. The summed E-state index contributed by atoms with van der Waals surface area (Å²) in [6.07, 6.45) is 0.637. The van der Waals surface area contributed by atoms with Crippen molar-refractivity contribution in [3.05, 3.63) is 59.7 Å². The summed E-state index contributed by atoms with van der Waals surface area (Å²) in [5.74, 6) is -0.0948. The van der Waals surface area contributed by atoms with Gasteiger partial charge in [-0.3, -0.25) is 14.5 Å². The normalized spacial score (nSPS) is 12.5. The highest BCUT2D eigenvalue weighted by Crippen LogP contribution is 2.23. The molecule has 0 heterocycles. The second-order valence-corrected chi connectivity index (χ2v) is 8.39. The predicted octanol–water partition coefficient (Wildman–Crippen LogP) is 4.09. The number of carbonyl (C=O) groups excluding carboxylic acids is 2. The molecule has 0 spiro atoms. The third-order valence-electron chi connectivity index (χ3n) is 4.62. The van der Waals surface area contributed by atoms with E-state index in [1.54, 1.807) is 0 Å². The minimum absolute atomic E-state index is 0.0390. The molecule has 0 unspecified atom stereocenters. The lowest BCUT2D eigenvalue weighted by Crippen LogP contribution is -2.41. The van der Waals surface area contributed by atoms with Gasteiger partial charge in [0.25, 0.3) is 0 Å². The molecule has 2 rings (SSSR count). The molecule has 0 aromatic heterocycles. The van der Waals surface area contributed by atoms with Crippen LogP contribution in [0.25, 0.3) is 0 Å². The largest absolute Gasteiger partial charge is 0.325 e. The van der Waals surface area contributed by atoms with Gasteiger partial charge in [-0.05, 0) is 56.8 Å². The van der Waals surface area contributed by atoms with E-state index in [9.17, 15) is 9.59 Å². The maximum absolute atomic E-state index is 12.8. The Morgan fingerprint density at radius 1 is 1.00 bits per heavy atom. The zero-order chi connectivity index (χ0) is 20.9. The molecule has 0 saturated carbocycles. The Bertz CT molecular complexity index is 823. The molecule has 0 bridgehead atoms. The Hall–Kier alpha value is -2.66. The fourth-order valence-electron chi connectivity index (χ4n) is 2.76. The average Bonchev–Trinajstić information content (AvgIpc) is 2.61. The van der Waals surface area contributed by atoms with Crippen molar-refractivity contribution in [3.8, 4) is 0 Å². The summed E-state index contributed by atoms with van der Waals surface area (Å²) in [6.45, 7) is 7.54. The third kappa shape index (κ3) is 5.92. The maximum atomic E-state index is 12.8. The van der Waals surface area contributed by atoms with E-state index in [4.69, 9.17) is 0 Å². The van der Waals surface area contributed by atoms with Crippen molar-refractivity contribution in [2.24, 2.45) is 5.41 Å². The third-order valence-corrected chi connectivity index (χ3v) is 4.62. The van der Waals surface area contributed by atoms with Gasteiger partial charge in [-0.15, -0.1) is 0 Å². The van der Waals surface area contributed by atoms with Gasteiger partial charge in [-0.2, -0.15) is 0 Å². The van der Waals surface area contributed by atoms with Crippen LogP contribution < -0.4 is 10.6 Å². The smallest absolute Gasteiger partial charge is 0.242 e. The Morgan fingerprint density at radius 2 is 1.64 bits per heavy atom. The van der Waals surface area contributed by atoms with Gasteiger partial charge in [0, 0.05) is 16.8 Å². The highest BCUT2D eigenvalue weighted by Gasteiger charge is 2.23. The van der Waals surface area contributed by atoms with Crippen LogP contribution in [0.2, 0.25) is 0 Å². The van der Waals surface area contributed by atoms with Crippen molar-refractivity contribution < 1.29 is 9.59 Å². The first-order valence-electron chi connectivity index (χ1n) is 9.51. The molecular formula is C23H31N3O2. The van der Waals surface area contributed by atoms with Crippen LogP contribution in [0.5, 0.6) is 0 Å². The zero-order valence-corrected chi connectivity index (χ0v) is 17.7. The number of nitrogens with zero attached hydrogens (tertiary/aromatic N) is 1. The highest BCUT2D eigenvalue weighted by atomic mass is 16.2. The van der Waals surface area contributed by atoms with Gasteiger partial charge >= 0.3 is 0 Å². The molecule has 0 aliphatic rings. The predicted molar refractivity (Wildman–Crippen MR) is 116 cm³/mol. The second kappa shape index (κ2) is 9.02. The lowest BCUT2D eigenvalue weighted by molar-refractivity contribution is -0.123. The first-order valence-corrected chi connectivity index (χ1v) is 9.51. The molecule has 0 fully saturated rings. The molecule has 2 aromatic carbocycles. The summed E-state index contributed by atoms with van der Waals surface area (Å²) in [6, 6.07) is 15.2. The molecule has 5 nitrogen and oxygen atoms in total. The van der Waals surface area contributed by atoms with E-state index in [1.165, 1.54) is 0 Å². The number of rotatable bonds is 6. The Morgan fingerprint density at radius 3 is 2.18 bits per heavy atom. The number of nitrogens with one attached hydrogen (secondary N) is 2. The standard InChI is InChI=1S/C23H31N3O2/c1-16-14-18(12-13-19(16)25-22(28)23(2,3)4)24-21(27)20(26(5)6)15-17-10-8-7-9-11-17/h7-14,20H,15H2,1-6H3,(H,24,27)(H,25,28)/t20-/m0/s1. The lowest BCUT2D eigenvalue weighted by atomic mass is 9.95. The summed E-state index contributed by atoms with van der Waals surface area (Å²) in [7, 11) is 3.81. The average molecular weight is 382 g/mol. The summed E-state index contributed by atoms with van der Waals surface area (Å²) in [5, 5.41) is 5.95. The Labute approximate surface area is 168 Å². The van der Waals surface area contributed by atoms with Crippen LogP contribution in [0.4, 0.5) is 11.4 Å². The molecule has 0 aliphatic carbocycles. The number of anilines is 2. The molecule has 150 valence electrons. The monoisotopic (exact) mass is 381 g/mol. The molecule has 0 saturated heterocycles. The van der Waals surface area contributed by atoms with Crippen LogP contribution in [0.1, 0.15) is 31.9 Å². The Kier molecular flexibility index (Phi) is 6.97. The molecule has 2 N–H and O–H groups in total. The molecule has 2 amide bonds. The van der Waals surface area contributed by atoms with Crippen LogP contribution in [0.3, 0.4) is 0 Å². The van der Waals surface area contributed by atoms with Crippen LogP contribution in [-0.2, 0) is 16.0 Å². The first kappa shape index (κ1) is 21.6. The van der Waals surface area contributed by atoms with Crippen molar-refractivity contribution in [2.75, 3.05) is 24.7 Å². The molecule has 0 aliphatic heterocycles. The molecule has 5 heteroatoms. The Balaban J connectivity index is 2.09.